The van der Waals surface area contributed by atoms with E-state index < -0.39 is 0 Å². The van der Waals surface area contributed by atoms with E-state index >= 15 is 0 Å². The van der Waals surface area contributed by atoms with Crippen molar-refractivity contribution in [3.05, 3.63) is 0 Å². The molecule has 3 rings (SSSR count). The smallest absolute Gasteiger partial charge is 0.236 e. The van der Waals surface area contributed by atoms with Gasteiger partial charge >= 0.3 is 0 Å². The number of piperazine rings is 1. The fraction of sp³-hybridized carbons (Fsp3) is 0.923. The van der Waals surface area contributed by atoms with Crippen LogP contribution < -0.4 is 5.32 Å². The minimum Gasteiger partial charge on any atom is -0.339 e. The fourth-order valence-corrected chi connectivity index (χ4v) is 3.66. The zero-order chi connectivity index (χ0) is 11.7. The molecule has 0 bridgehead atoms. The van der Waals surface area contributed by atoms with Crippen molar-refractivity contribution in [2.45, 2.75) is 25.7 Å². The number of nitrogens with zero attached hydrogens (tertiary/aromatic N) is 2. The Labute approximate surface area is 103 Å². The lowest BCUT2D eigenvalue weighted by Gasteiger charge is -2.48. The molecule has 1 N–H and O–H groups in total. The van der Waals surface area contributed by atoms with Crippen LogP contribution in [0.5, 0.6) is 0 Å². The maximum Gasteiger partial charge on any atom is 0.236 e. The van der Waals surface area contributed by atoms with E-state index in [9.17, 15) is 4.79 Å². The molecule has 0 aromatic heterocycles. The van der Waals surface area contributed by atoms with E-state index in [1.54, 1.807) is 0 Å². The van der Waals surface area contributed by atoms with Crippen molar-refractivity contribution in [2.24, 2.45) is 5.41 Å². The van der Waals surface area contributed by atoms with Gasteiger partial charge in [0.2, 0.25) is 5.91 Å². The van der Waals surface area contributed by atoms with Crippen molar-refractivity contribution in [2.75, 3.05) is 45.8 Å². The van der Waals surface area contributed by atoms with Crippen molar-refractivity contribution < 1.29 is 4.79 Å². The molecule has 0 unspecified atom stereocenters. The van der Waals surface area contributed by atoms with E-state index in [0.717, 1.165) is 26.2 Å². The summed E-state index contributed by atoms with van der Waals surface area (Å²) < 4.78 is 0. The molecule has 17 heavy (non-hydrogen) atoms. The SMILES string of the molecule is O=C(CN1CC2(CCCC2)C1)N1CCNCC1. The van der Waals surface area contributed by atoms with Crippen LogP contribution in [0.15, 0.2) is 0 Å². The first-order chi connectivity index (χ1) is 8.27. The molecule has 0 atom stereocenters. The summed E-state index contributed by atoms with van der Waals surface area (Å²) in [5.74, 6) is 0.333. The van der Waals surface area contributed by atoms with Gasteiger partial charge in [0.15, 0.2) is 0 Å². The first kappa shape index (κ1) is 11.5. The van der Waals surface area contributed by atoms with Crippen molar-refractivity contribution in [3.8, 4) is 0 Å². The summed E-state index contributed by atoms with van der Waals surface area (Å²) in [6.45, 7) is 6.68. The lowest BCUT2D eigenvalue weighted by molar-refractivity contribution is -0.136. The predicted molar refractivity (Wildman–Crippen MR) is 66.8 cm³/mol. The van der Waals surface area contributed by atoms with E-state index in [4.69, 9.17) is 0 Å². The molecule has 96 valence electrons. The van der Waals surface area contributed by atoms with Crippen LogP contribution in [0.25, 0.3) is 0 Å². The van der Waals surface area contributed by atoms with Crippen LogP contribution >= 0.6 is 0 Å². The molecule has 2 aliphatic heterocycles. The Balaban J connectivity index is 1.44. The number of carbonyl (C=O) groups excluding carboxylic acids is 1. The van der Waals surface area contributed by atoms with E-state index in [1.807, 2.05) is 4.90 Å². The van der Waals surface area contributed by atoms with Gasteiger partial charge in [-0.1, -0.05) is 12.8 Å². The molecular weight excluding hydrogens is 214 g/mol. The Bertz CT molecular complexity index is 285. The summed E-state index contributed by atoms with van der Waals surface area (Å²) in [7, 11) is 0. The molecule has 0 aromatic carbocycles. The maximum atomic E-state index is 12.1. The van der Waals surface area contributed by atoms with Crippen LogP contribution in [0, 0.1) is 5.41 Å². The monoisotopic (exact) mass is 237 g/mol. The fourth-order valence-electron chi connectivity index (χ4n) is 3.66. The second-order valence-corrected chi connectivity index (χ2v) is 5.98. The van der Waals surface area contributed by atoms with Crippen LogP contribution in [0.2, 0.25) is 0 Å². The van der Waals surface area contributed by atoms with Crippen molar-refractivity contribution >= 4 is 5.91 Å². The summed E-state index contributed by atoms with van der Waals surface area (Å²) in [5.41, 5.74) is 0.615. The maximum absolute atomic E-state index is 12.1. The van der Waals surface area contributed by atoms with Gasteiger partial charge in [0.25, 0.3) is 0 Å². The van der Waals surface area contributed by atoms with E-state index in [-0.39, 0.29) is 0 Å². The predicted octanol–water partition coefficient (Wildman–Crippen LogP) is 0.294. The van der Waals surface area contributed by atoms with E-state index in [2.05, 4.69) is 10.2 Å². The minimum absolute atomic E-state index is 0.333. The van der Waals surface area contributed by atoms with Gasteiger partial charge < -0.3 is 10.2 Å². The zero-order valence-electron chi connectivity index (χ0n) is 10.6. The average Bonchev–Trinajstić information content (AvgIpc) is 2.79. The molecule has 3 aliphatic rings. The Morgan fingerprint density at radius 3 is 2.41 bits per heavy atom. The Morgan fingerprint density at radius 2 is 1.76 bits per heavy atom. The number of amides is 1. The highest BCUT2D eigenvalue weighted by molar-refractivity contribution is 5.78. The Kier molecular flexibility index (Phi) is 3.09. The highest BCUT2D eigenvalue weighted by atomic mass is 16.2. The molecule has 3 fully saturated rings. The molecule has 0 aromatic rings. The van der Waals surface area contributed by atoms with Crippen molar-refractivity contribution in [1.29, 1.82) is 0 Å². The second kappa shape index (κ2) is 4.58. The van der Waals surface area contributed by atoms with Crippen molar-refractivity contribution in [3.63, 3.8) is 0 Å². The number of nitrogens with one attached hydrogen (secondary N) is 1. The molecule has 1 saturated carbocycles. The Morgan fingerprint density at radius 1 is 1.12 bits per heavy atom. The summed E-state index contributed by atoms with van der Waals surface area (Å²) in [4.78, 5) is 16.4. The van der Waals surface area contributed by atoms with Crippen LogP contribution in [-0.4, -0.2) is 61.5 Å². The number of likely N-dealkylation sites (tertiary alicyclic amines) is 1. The number of rotatable bonds is 2. The molecule has 4 heteroatoms. The first-order valence-electron chi connectivity index (χ1n) is 6.98. The molecule has 1 aliphatic carbocycles. The number of hydrogen-bond donors (Lipinski definition) is 1. The lowest BCUT2D eigenvalue weighted by Crippen LogP contribution is -2.58. The third-order valence-electron chi connectivity index (χ3n) is 4.61. The molecule has 0 radical (unpaired) electrons. The van der Waals surface area contributed by atoms with Gasteiger partial charge in [0.1, 0.15) is 0 Å². The number of hydrogen-bond acceptors (Lipinski definition) is 3. The molecule has 1 spiro atoms. The van der Waals surface area contributed by atoms with E-state index in [1.165, 1.54) is 38.8 Å². The number of carbonyl (C=O) groups is 1. The van der Waals surface area contributed by atoms with Gasteiger partial charge in [0, 0.05) is 39.3 Å². The quantitative estimate of drug-likeness (QED) is 0.750. The van der Waals surface area contributed by atoms with Gasteiger partial charge in [-0.25, -0.2) is 0 Å². The van der Waals surface area contributed by atoms with Crippen LogP contribution in [0.3, 0.4) is 0 Å². The summed E-state index contributed by atoms with van der Waals surface area (Å²) in [5, 5.41) is 3.28. The third kappa shape index (κ3) is 2.33. The molecular formula is C13H23N3O. The Hall–Kier alpha value is -0.610. The zero-order valence-corrected chi connectivity index (χ0v) is 10.6. The molecule has 2 heterocycles. The third-order valence-corrected chi connectivity index (χ3v) is 4.61. The summed E-state index contributed by atoms with van der Waals surface area (Å²) in [6.07, 6.45) is 5.59. The van der Waals surface area contributed by atoms with Gasteiger partial charge in [0.05, 0.1) is 6.54 Å². The summed E-state index contributed by atoms with van der Waals surface area (Å²) in [6, 6.07) is 0. The van der Waals surface area contributed by atoms with Crippen molar-refractivity contribution in [1.82, 2.24) is 15.1 Å². The minimum atomic E-state index is 0.333. The lowest BCUT2D eigenvalue weighted by atomic mass is 9.78. The highest BCUT2D eigenvalue weighted by Crippen LogP contribution is 2.45. The standard InChI is InChI=1S/C13H23N3O/c17-12(16-7-5-14-6-8-16)9-15-10-13(11-15)3-1-2-4-13/h14H,1-11H2. The van der Waals surface area contributed by atoms with Gasteiger partial charge in [-0.2, -0.15) is 0 Å². The average molecular weight is 237 g/mol. The van der Waals surface area contributed by atoms with Gasteiger partial charge in [-0.05, 0) is 18.3 Å². The highest BCUT2D eigenvalue weighted by Gasteiger charge is 2.45. The van der Waals surface area contributed by atoms with Crippen LogP contribution in [0.1, 0.15) is 25.7 Å². The molecule has 2 saturated heterocycles. The summed E-state index contributed by atoms with van der Waals surface area (Å²) >= 11 is 0. The van der Waals surface area contributed by atoms with Crippen LogP contribution in [0.4, 0.5) is 0 Å². The molecule has 1 amide bonds. The second-order valence-electron chi connectivity index (χ2n) is 5.98. The largest absolute Gasteiger partial charge is 0.339 e. The van der Waals surface area contributed by atoms with Gasteiger partial charge in [-0.3, -0.25) is 9.69 Å². The van der Waals surface area contributed by atoms with Gasteiger partial charge in [-0.15, -0.1) is 0 Å². The van der Waals surface area contributed by atoms with Crippen LogP contribution in [-0.2, 0) is 4.79 Å². The van der Waals surface area contributed by atoms with E-state index in [0.29, 0.717) is 17.9 Å². The topological polar surface area (TPSA) is 35.6 Å². The first-order valence-corrected chi connectivity index (χ1v) is 6.98. The normalized spacial score (nSPS) is 28.4. The molecule has 4 nitrogen and oxygen atoms in total.